The molecule has 0 saturated heterocycles. The molecule has 1 aromatic carbocycles. The highest BCUT2D eigenvalue weighted by molar-refractivity contribution is 7.98. The second-order valence-corrected chi connectivity index (χ2v) is 5.02. The Bertz CT molecular complexity index is 401. The number of carbonyl (C=O) groups is 1. The Labute approximate surface area is 112 Å². The third kappa shape index (κ3) is 5.38. The normalized spacial score (nSPS) is 12.6. The monoisotopic (exact) mass is 265 g/mol. The van der Waals surface area contributed by atoms with Crippen molar-refractivity contribution in [1.82, 2.24) is 5.32 Å². The van der Waals surface area contributed by atoms with E-state index in [1.54, 1.807) is 17.8 Å². The van der Waals surface area contributed by atoms with Crippen LogP contribution in [-0.2, 0) is 4.79 Å². The van der Waals surface area contributed by atoms with E-state index in [-0.39, 0.29) is 18.4 Å². The molecular formula is C14H19NO2S. The molecule has 0 aliphatic heterocycles. The molecule has 0 aromatic heterocycles. The van der Waals surface area contributed by atoms with E-state index in [2.05, 4.69) is 5.32 Å². The average Bonchev–Trinajstić information content (AvgIpc) is 2.42. The maximum atomic E-state index is 11.5. The Balaban J connectivity index is 2.45. The maximum absolute atomic E-state index is 11.5. The van der Waals surface area contributed by atoms with Crippen LogP contribution in [0.25, 0.3) is 6.08 Å². The molecule has 2 N–H and O–H groups in total. The molecule has 0 spiro atoms. The molecule has 1 amide bonds. The lowest BCUT2D eigenvalue weighted by atomic mass is 10.2. The molecule has 0 fully saturated rings. The fraction of sp³-hybridized carbons (Fsp3) is 0.357. The van der Waals surface area contributed by atoms with Crippen molar-refractivity contribution in [2.75, 3.05) is 19.4 Å². The summed E-state index contributed by atoms with van der Waals surface area (Å²) in [7, 11) is 0. The minimum atomic E-state index is -0.135. The first-order chi connectivity index (χ1) is 8.65. The minimum Gasteiger partial charge on any atom is -0.396 e. The molecule has 1 rings (SSSR count). The highest BCUT2D eigenvalue weighted by Crippen LogP contribution is 2.15. The van der Waals surface area contributed by atoms with Gasteiger partial charge in [0.05, 0.1) is 0 Å². The molecule has 1 atom stereocenters. The molecule has 98 valence electrons. The highest BCUT2D eigenvalue weighted by atomic mass is 32.2. The third-order valence-electron chi connectivity index (χ3n) is 2.48. The molecule has 1 unspecified atom stereocenters. The average molecular weight is 265 g/mol. The van der Waals surface area contributed by atoms with E-state index >= 15 is 0 Å². The predicted octanol–water partition coefficient (Wildman–Crippen LogP) is 2.17. The number of thioether (sulfide) groups is 1. The van der Waals surface area contributed by atoms with E-state index in [4.69, 9.17) is 5.11 Å². The van der Waals surface area contributed by atoms with Crippen molar-refractivity contribution in [3.05, 3.63) is 35.9 Å². The van der Waals surface area contributed by atoms with Gasteiger partial charge in [0, 0.05) is 24.1 Å². The lowest BCUT2D eigenvalue weighted by Crippen LogP contribution is -2.27. The number of hydrogen-bond acceptors (Lipinski definition) is 3. The van der Waals surface area contributed by atoms with Crippen molar-refractivity contribution >= 4 is 23.7 Å². The summed E-state index contributed by atoms with van der Waals surface area (Å²) in [5.74, 6) is -0.0487. The van der Waals surface area contributed by atoms with Gasteiger partial charge in [-0.25, -0.2) is 0 Å². The molecular weight excluding hydrogens is 246 g/mol. The van der Waals surface area contributed by atoms with Crippen molar-refractivity contribution in [3.8, 4) is 0 Å². The van der Waals surface area contributed by atoms with Gasteiger partial charge in [0.2, 0.25) is 5.91 Å². The van der Waals surface area contributed by atoms with Gasteiger partial charge in [-0.15, -0.1) is 11.8 Å². The Morgan fingerprint density at radius 1 is 1.44 bits per heavy atom. The van der Waals surface area contributed by atoms with Gasteiger partial charge in [0.15, 0.2) is 0 Å². The van der Waals surface area contributed by atoms with E-state index < -0.39 is 0 Å². The van der Waals surface area contributed by atoms with Crippen molar-refractivity contribution in [2.24, 2.45) is 5.92 Å². The molecule has 0 aliphatic rings. The zero-order valence-corrected chi connectivity index (χ0v) is 11.5. The summed E-state index contributed by atoms with van der Waals surface area (Å²) in [5, 5.41) is 11.6. The summed E-state index contributed by atoms with van der Waals surface area (Å²) in [4.78, 5) is 12.7. The minimum absolute atomic E-state index is 0.0835. The quantitative estimate of drug-likeness (QED) is 0.612. The molecule has 4 heteroatoms. The van der Waals surface area contributed by atoms with Gasteiger partial charge in [-0.05, 0) is 35.9 Å². The fourth-order valence-corrected chi connectivity index (χ4v) is 1.69. The highest BCUT2D eigenvalue weighted by Gasteiger charge is 2.01. The molecule has 1 aromatic rings. The Morgan fingerprint density at radius 2 is 2.11 bits per heavy atom. The van der Waals surface area contributed by atoms with Crippen LogP contribution in [0.4, 0.5) is 0 Å². The molecule has 0 bridgehead atoms. The van der Waals surface area contributed by atoms with Crippen molar-refractivity contribution < 1.29 is 9.90 Å². The van der Waals surface area contributed by atoms with E-state index in [1.807, 2.05) is 37.4 Å². The van der Waals surface area contributed by atoms with E-state index in [1.165, 1.54) is 11.0 Å². The second kappa shape index (κ2) is 7.95. The Morgan fingerprint density at radius 3 is 2.67 bits per heavy atom. The number of hydrogen-bond donors (Lipinski definition) is 2. The number of amides is 1. The van der Waals surface area contributed by atoms with Gasteiger partial charge in [-0.2, -0.15) is 0 Å². The van der Waals surface area contributed by atoms with Crippen LogP contribution in [0.5, 0.6) is 0 Å². The van der Waals surface area contributed by atoms with Gasteiger partial charge in [0.1, 0.15) is 0 Å². The maximum Gasteiger partial charge on any atom is 0.244 e. The Kier molecular flexibility index (Phi) is 6.54. The van der Waals surface area contributed by atoms with Gasteiger partial charge in [0.25, 0.3) is 0 Å². The first-order valence-electron chi connectivity index (χ1n) is 5.86. The molecule has 0 radical (unpaired) electrons. The van der Waals surface area contributed by atoms with Crippen LogP contribution in [0.1, 0.15) is 12.5 Å². The summed E-state index contributed by atoms with van der Waals surface area (Å²) in [5.41, 5.74) is 0.998. The zero-order valence-electron chi connectivity index (χ0n) is 10.7. The van der Waals surface area contributed by atoms with Crippen LogP contribution in [0.3, 0.4) is 0 Å². The molecule has 3 nitrogen and oxygen atoms in total. The number of rotatable bonds is 6. The van der Waals surface area contributed by atoms with E-state index in [9.17, 15) is 4.79 Å². The van der Waals surface area contributed by atoms with Crippen molar-refractivity contribution in [2.45, 2.75) is 11.8 Å². The molecule has 0 aliphatic carbocycles. The van der Waals surface area contributed by atoms with Crippen LogP contribution >= 0.6 is 11.8 Å². The summed E-state index contributed by atoms with van der Waals surface area (Å²) >= 11 is 1.69. The lowest BCUT2D eigenvalue weighted by Gasteiger charge is -2.07. The number of nitrogens with one attached hydrogen (secondary N) is 1. The smallest absolute Gasteiger partial charge is 0.244 e. The first-order valence-corrected chi connectivity index (χ1v) is 7.09. The topological polar surface area (TPSA) is 49.3 Å². The molecule has 0 saturated carbocycles. The second-order valence-electron chi connectivity index (χ2n) is 4.14. The SMILES string of the molecule is CSc1ccc(/C=C/C(=O)NCC(C)CO)cc1. The predicted molar refractivity (Wildman–Crippen MR) is 76.5 cm³/mol. The fourth-order valence-electron chi connectivity index (χ4n) is 1.29. The summed E-state index contributed by atoms with van der Waals surface area (Å²) in [6, 6.07) is 8.00. The number of aliphatic hydroxyl groups is 1. The standard InChI is InChI=1S/C14H19NO2S/c1-11(10-16)9-15-14(17)8-5-12-3-6-13(18-2)7-4-12/h3-8,11,16H,9-10H2,1-2H3,(H,15,17)/b8-5+. The number of aliphatic hydroxyl groups excluding tert-OH is 1. The largest absolute Gasteiger partial charge is 0.396 e. The molecule has 18 heavy (non-hydrogen) atoms. The van der Waals surface area contributed by atoms with Crippen LogP contribution in [0.2, 0.25) is 0 Å². The lowest BCUT2D eigenvalue weighted by molar-refractivity contribution is -0.116. The zero-order chi connectivity index (χ0) is 13.4. The van der Waals surface area contributed by atoms with E-state index in [0.29, 0.717) is 6.54 Å². The summed E-state index contributed by atoms with van der Waals surface area (Å²) in [6.07, 6.45) is 5.32. The summed E-state index contributed by atoms with van der Waals surface area (Å²) < 4.78 is 0. The van der Waals surface area contributed by atoms with Gasteiger partial charge in [-0.3, -0.25) is 4.79 Å². The number of benzene rings is 1. The summed E-state index contributed by atoms with van der Waals surface area (Å²) in [6.45, 7) is 2.45. The van der Waals surface area contributed by atoms with Crippen molar-refractivity contribution in [3.63, 3.8) is 0 Å². The molecule has 0 heterocycles. The first kappa shape index (κ1) is 14.8. The third-order valence-corrected chi connectivity index (χ3v) is 3.22. The van der Waals surface area contributed by atoms with Crippen molar-refractivity contribution in [1.29, 1.82) is 0 Å². The van der Waals surface area contributed by atoms with Crippen LogP contribution in [0.15, 0.2) is 35.2 Å². The Hall–Kier alpha value is -1.26. The van der Waals surface area contributed by atoms with Crippen LogP contribution in [0, 0.1) is 5.92 Å². The van der Waals surface area contributed by atoms with E-state index in [0.717, 1.165) is 5.56 Å². The van der Waals surface area contributed by atoms with Crippen LogP contribution in [-0.4, -0.2) is 30.4 Å². The van der Waals surface area contributed by atoms with Crippen LogP contribution < -0.4 is 5.32 Å². The van der Waals surface area contributed by atoms with Gasteiger partial charge < -0.3 is 10.4 Å². The van der Waals surface area contributed by atoms with Gasteiger partial charge >= 0.3 is 0 Å². The van der Waals surface area contributed by atoms with Gasteiger partial charge in [-0.1, -0.05) is 19.1 Å². The number of carbonyl (C=O) groups excluding carboxylic acids is 1.